The predicted octanol–water partition coefficient (Wildman–Crippen LogP) is 5.09. The lowest BCUT2D eigenvalue weighted by Gasteiger charge is -2.13. The van der Waals surface area contributed by atoms with Gasteiger partial charge in [-0.15, -0.1) is 0 Å². The molecular weight excluding hydrogens is 495 g/mol. The van der Waals surface area contributed by atoms with Gasteiger partial charge in [-0.1, -0.05) is 0 Å². The first-order valence-electron chi connectivity index (χ1n) is 11.3. The Hall–Kier alpha value is -5.19. The van der Waals surface area contributed by atoms with Crippen LogP contribution in [0.25, 0.3) is 22.4 Å². The summed E-state index contributed by atoms with van der Waals surface area (Å²) in [5.41, 5.74) is 0.859. The molecule has 1 amide bonds. The molecule has 38 heavy (non-hydrogen) atoms. The highest BCUT2D eigenvalue weighted by Crippen LogP contribution is 2.35. The molecule has 4 heterocycles. The number of furan rings is 1. The third-order valence-corrected chi connectivity index (χ3v) is 5.72. The molecule has 0 radical (unpaired) electrons. The van der Waals surface area contributed by atoms with Gasteiger partial charge in [0.25, 0.3) is 11.8 Å². The van der Waals surface area contributed by atoms with Gasteiger partial charge in [-0.25, -0.2) is 9.37 Å². The lowest BCUT2D eigenvalue weighted by molar-refractivity contribution is 0.102. The van der Waals surface area contributed by atoms with Crippen molar-refractivity contribution in [1.82, 2.24) is 15.0 Å². The number of anilines is 1. The van der Waals surface area contributed by atoms with Gasteiger partial charge >= 0.3 is 0 Å². The van der Waals surface area contributed by atoms with Crippen LogP contribution in [0.15, 0.2) is 70.3 Å². The molecule has 0 aliphatic heterocycles. The maximum atomic E-state index is 15.0. The van der Waals surface area contributed by atoms with E-state index in [-0.39, 0.29) is 34.2 Å². The largest absolute Gasteiger partial charge is 0.491 e. The average Bonchev–Trinajstić information content (AvgIpc) is 3.44. The normalized spacial score (nSPS) is 10.8. The van der Waals surface area contributed by atoms with Gasteiger partial charge in [0.05, 0.1) is 31.6 Å². The van der Waals surface area contributed by atoms with Crippen molar-refractivity contribution in [1.29, 1.82) is 0 Å². The van der Waals surface area contributed by atoms with E-state index in [1.807, 2.05) is 0 Å². The second kappa shape index (κ2) is 10.1. The Labute approximate surface area is 215 Å². The number of hydrogen-bond acceptors (Lipinski definition) is 8. The van der Waals surface area contributed by atoms with E-state index >= 15 is 4.39 Å². The van der Waals surface area contributed by atoms with Gasteiger partial charge in [0.1, 0.15) is 16.8 Å². The van der Waals surface area contributed by atoms with Crippen molar-refractivity contribution in [3.05, 3.63) is 88.4 Å². The number of aromatic nitrogens is 3. The Morgan fingerprint density at radius 3 is 2.63 bits per heavy atom. The lowest BCUT2D eigenvalue weighted by atomic mass is 10.1. The molecule has 2 N–H and O–H groups in total. The molecule has 11 heteroatoms. The Morgan fingerprint density at radius 2 is 1.92 bits per heavy atom. The molecule has 0 aliphatic carbocycles. The smallest absolute Gasteiger partial charge is 0.261 e. The molecule has 0 aliphatic rings. The molecular formula is C27H21FN4O6. The van der Waals surface area contributed by atoms with E-state index in [9.17, 15) is 9.59 Å². The maximum Gasteiger partial charge on any atom is 0.261 e. The van der Waals surface area contributed by atoms with Crippen LogP contribution < -0.4 is 25.0 Å². The van der Waals surface area contributed by atoms with E-state index in [0.29, 0.717) is 28.2 Å². The topological polar surface area (TPSA) is 129 Å². The van der Waals surface area contributed by atoms with Crippen molar-refractivity contribution >= 4 is 22.6 Å². The van der Waals surface area contributed by atoms with Gasteiger partial charge in [-0.3, -0.25) is 14.6 Å². The maximum absolute atomic E-state index is 15.0. The molecule has 5 aromatic rings. The number of carbonyl (C=O) groups excluding carboxylic acids is 1. The Balaban J connectivity index is 1.41. The summed E-state index contributed by atoms with van der Waals surface area (Å²) in [7, 11) is 2.93. The summed E-state index contributed by atoms with van der Waals surface area (Å²) >= 11 is 0. The van der Waals surface area contributed by atoms with Crippen LogP contribution in [0.5, 0.6) is 23.1 Å². The molecule has 0 saturated carbocycles. The van der Waals surface area contributed by atoms with Crippen LogP contribution in [0.1, 0.15) is 16.1 Å². The van der Waals surface area contributed by atoms with E-state index < -0.39 is 17.2 Å². The van der Waals surface area contributed by atoms with E-state index in [1.54, 1.807) is 25.1 Å². The number of aromatic amines is 1. The molecule has 1 aromatic carbocycles. The number of rotatable bonds is 7. The lowest BCUT2D eigenvalue weighted by Crippen LogP contribution is -2.24. The first-order valence-corrected chi connectivity index (χ1v) is 11.3. The number of halogens is 1. The summed E-state index contributed by atoms with van der Waals surface area (Å²) in [5.74, 6) is -0.386. The van der Waals surface area contributed by atoms with Crippen LogP contribution in [0.3, 0.4) is 0 Å². The molecule has 192 valence electrons. The second-order valence-corrected chi connectivity index (χ2v) is 8.09. The second-order valence-electron chi connectivity index (χ2n) is 8.09. The standard InChI is InChI=1S/C27H21FN4O6/c1-14-23(25(33)16(13-30-14)19-5-4-10-37-19)26(34)31-15-6-7-20(17(28)11-15)38-21-8-9-29-18-12-22(35-2)27(36-3)32-24(18)21/h4-13H,1-3H3,(H,30,33)(H,31,34). The van der Waals surface area contributed by atoms with Crippen molar-refractivity contribution in [2.24, 2.45) is 0 Å². The van der Waals surface area contributed by atoms with Gasteiger partial charge in [0.2, 0.25) is 5.43 Å². The fraction of sp³-hybridized carbons (Fsp3) is 0.111. The number of pyridine rings is 3. The van der Waals surface area contributed by atoms with Gasteiger partial charge < -0.3 is 28.9 Å². The number of amides is 1. The predicted molar refractivity (Wildman–Crippen MR) is 137 cm³/mol. The molecule has 0 atom stereocenters. The summed E-state index contributed by atoms with van der Waals surface area (Å²) in [4.78, 5) is 37.5. The van der Waals surface area contributed by atoms with E-state index in [4.69, 9.17) is 18.6 Å². The van der Waals surface area contributed by atoms with Gasteiger partial charge in [-0.05, 0) is 31.2 Å². The zero-order chi connectivity index (χ0) is 26.8. The van der Waals surface area contributed by atoms with Crippen molar-refractivity contribution in [2.45, 2.75) is 6.92 Å². The van der Waals surface area contributed by atoms with Gasteiger partial charge in [0, 0.05) is 42.0 Å². The molecule has 0 unspecified atom stereocenters. The molecule has 4 aromatic heterocycles. The van der Waals surface area contributed by atoms with Crippen LogP contribution in [0.2, 0.25) is 0 Å². The van der Waals surface area contributed by atoms with Crippen molar-refractivity contribution in [2.75, 3.05) is 19.5 Å². The minimum Gasteiger partial charge on any atom is -0.491 e. The number of carbonyl (C=O) groups is 1. The number of fused-ring (bicyclic) bond motifs is 1. The minimum atomic E-state index is -0.747. The molecule has 5 rings (SSSR count). The molecule has 10 nitrogen and oxygen atoms in total. The highest BCUT2D eigenvalue weighted by molar-refractivity contribution is 6.05. The number of nitrogens with one attached hydrogen (secondary N) is 2. The fourth-order valence-corrected chi connectivity index (χ4v) is 3.87. The highest BCUT2D eigenvalue weighted by atomic mass is 19.1. The number of hydrogen-bond donors (Lipinski definition) is 2. The number of ether oxygens (including phenoxy) is 3. The SMILES string of the molecule is COc1cc2nccc(Oc3ccc(NC(=O)c4c(C)[nH]cc(-c5ccco5)c4=O)cc3F)c2nc1OC. The zero-order valence-corrected chi connectivity index (χ0v) is 20.5. The van der Waals surface area contributed by atoms with Gasteiger partial charge in [0.15, 0.2) is 23.1 Å². The van der Waals surface area contributed by atoms with Crippen LogP contribution in [0.4, 0.5) is 10.1 Å². The summed E-state index contributed by atoms with van der Waals surface area (Å²) in [5, 5.41) is 2.56. The molecule has 0 spiro atoms. The average molecular weight is 516 g/mol. The van der Waals surface area contributed by atoms with Crippen molar-refractivity contribution in [3.8, 4) is 34.5 Å². The van der Waals surface area contributed by atoms with Crippen LogP contribution in [-0.4, -0.2) is 35.1 Å². The van der Waals surface area contributed by atoms with Crippen LogP contribution in [0, 0.1) is 12.7 Å². The summed E-state index contributed by atoms with van der Waals surface area (Å²) in [6, 6.07) is 10.3. The number of H-pyrrole nitrogens is 1. The first-order chi connectivity index (χ1) is 18.4. The molecule has 0 saturated heterocycles. The van der Waals surface area contributed by atoms with E-state index in [1.165, 1.54) is 51.1 Å². The summed E-state index contributed by atoms with van der Waals surface area (Å²) in [6.45, 7) is 1.59. The summed E-state index contributed by atoms with van der Waals surface area (Å²) in [6.07, 6.45) is 4.40. The quantitative estimate of drug-likeness (QED) is 0.306. The Bertz CT molecular complexity index is 1720. The summed E-state index contributed by atoms with van der Waals surface area (Å²) < 4.78 is 36.6. The third-order valence-electron chi connectivity index (χ3n) is 5.72. The Morgan fingerprint density at radius 1 is 1.08 bits per heavy atom. The highest BCUT2D eigenvalue weighted by Gasteiger charge is 2.20. The number of aryl methyl sites for hydroxylation is 1. The monoisotopic (exact) mass is 516 g/mol. The minimum absolute atomic E-state index is 0.110. The van der Waals surface area contributed by atoms with Gasteiger partial charge in [-0.2, -0.15) is 0 Å². The fourth-order valence-electron chi connectivity index (χ4n) is 3.87. The number of benzene rings is 1. The van der Waals surface area contributed by atoms with Crippen LogP contribution in [-0.2, 0) is 0 Å². The van der Waals surface area contributed by atoms with Crippen molar-refractivity contribution in [3.63, 3.8) is 0 Å². The third kappa shape index (κ3) is 4.52. The molecule has 0 bridgehead atoms. The van der Waals surface area contributed by atoms with Crippen molar-refractivity contribution < 1.29 is 27.8 Å². The molecule has 0 fully saturated rings. The number of nitrogens with zero attached hydrogens (tertiary/aromatic N) is 2. The number of methoxy groups -OCH3 is 2. The first kappa shape index (κ1) is 24.5. The van der Waals surface area contributed by atoms with E-state index in [0.717, 1.165) is 6.07 Å². The van der Waals surface area contributed by atoms with Crippen LogP contribution >= 0.6 is 0 Å². The Kier molecular flexibility index (Phi) is 6.48. The van der Waals surface area contributed by atoms with E-state index in [2.05, 4.69) is 20.3 Å². The zero-order valence-electron chi connectivity index (χ0n) is 20.5.